The van der Waals surface area contributed by atoms with Crippen LogP contribution in [0.5, 0.6) is 0 Å². The van der Waals surface area contributed by atoms with Crippen LogP contribution in [0.2, 0.25) is 5.02 Å². The minimum atomic E-state index is -0.329. The molecule has 0 N–H and O–H groups in total. The molecule has 1 aromatic carbocycles. The van der Waals surface area contributed by atoms with E-state index in [1.807, 2.05) is 0 Å². The van der Waals surface area contributed by atoms with Gasteiger partial charge in [-0.3, -0.25) is 10.1 Å². The van der Waals surface area contributed by atoms with E-state index in [2.05, 4.69) is 22.9 Å². The summed E-state index contributed by atoms with van der Waals surface area (Å²) in [6.45, 7) is 2.22. The molecule has 2 rings (SSSR count). The van der Waals surface area contributed by atoms with Gasteiger partial charge in [0.05, 0.1) is 4.92 Å². The number of nitro groups is 1. The van der Waals surface area contributed by atoms with E-state index in [1.54, 1.807) is 12.1 Å². The van der Waals surface area contributed by atoms with E-state index in [9.17, 15) is 10.1 Å². The summed E-state index contributed by atoms with van der Waals surface area (Å²) >= 11 is 9.61. The van der Waals surface area contributed by atoms with Gasteiger partial charge in [0.2, 0.25) is 0 Å². The SMILES string of the molecule is CCC1CCC(Br)C(Cc2ccc(Cl)cc2[N+](=O)[O-])C1. The number of hydrogen-bond donors (Lipinski definition) is 0. The zero-order valence-corrected chi connectivity index (χ0v) is 13.9. The summed E-state index contributed by atoms with van der Waals surface area (Å²) in [5, 5.41) is 11.6. The second kappa shape index (κ2) is 6.90. The number of nitro benzene ring substituents is 1. The number of hydrogen-bond acceptors (Lipinski definition) is 2. The summed E-state index contributed by atoms with van der Waals surface area (Å²) in [6.07, 6.45) is 5.50. The molecule has 1 saturated carbocycles. The van der Waals surface area contributed by atoms with Gasteiger partial charge in [-0.25, -0.2) is 0 Å². The number of halogens is 2. The molecule has 1 fully saturated rings. The smallest absolute Gasteiger partial charge is 0.258 e. The van der Waals surface area contributed by atoms with Crippen LogP contribution in [0, 0.1) is 22.0 Å². The van der Waals surface area contributed by atoms with Gasteiger partial charge in [0, 0.05) is 21.5 Å². The third-order valence-corrected chi connectivity index (χ3v) is 5.74. The van der Waals surface area contributed by atoms with Crippen molar-refractivity contribution < 1.29 is 4.92 Å². The van der Waals surface area contributed by atoms with E-state index in [0.717, 1.165) is 30.7 Å². The van der Waals surface area contributed by atoms with Crippen LogP contribution >= 0.6 is 27.5 Å². The Morgan fingerprint density at radius 3 is 2.85 bits per heavy atom. The predicted molar refractivity (Wildman–Crippen MR) is 85.6 cm³/mol. The Hall–Kier alpha value is -0.610. The molecule has 0 radical (unpaired) electrons. The monoisotopic (exact) mass is 359 g/mol. The number of rotatable bonds is 4. The second-order valence-electron chi connectivity index (χ2n) is 5.60. The summed E-state index contributed by atoms with van der Waals surface area (Å²) in [4.78, 5) is 11.3. The van der Waals surface area contributed by atoms with Gasteiger partial charge >= 0.3 is 0 Å². The van der Waals surface area contributed by atoms with Crippen molar-refractivity contribution in [1.82, 2.24) is 0 Å². The van der Waals surface area contributed by atoms with E-state index in [1.165, 1.54) is 18.9 Å². The first-order chi connectivity index (χ1) is 9.51. The van der Waals surface area contributed by atoms with E-state index in [4.69, 9.17) is 11.6 Å². The molecular weight excluding hydrogens is 342 g/mol. The number of nitrogens with zero attached hydrogens (tertiary/aromatic N) is 1. The van der Waals surface area contributed by atoms with E-state index >= 15 is 0 Å². The van der Waals surface area contributed by atoms with Gasteiger partial charge in [-0.15, -0.1) is 0 Å². The standard InChI is InChI=1S/C15H19BrClNO2/c1-2-10-3-6-14(16)12(7-10)8-11-4-5-13(17)9-15(11)18(19)20/h4-5,9-10,12,14H,2-3,6-8H2,1H3. The van der Waals surface area contributed by atoms with Crippen molar-refractivity contribution >= 4 is 33.2 Å². The first-order valence-corrected chi connectivity index (χ1v) is 8.37. The van der Waals surface area contributed by atoms with Crippen molar-refractivity contribution in [3.05, 3.63) is 38.9 Å². The molecule has 110 valence electrons. The Kier molecular flexibility index (Phi) is 5.44. The maximum atomic E-state index is 11.2. The molecule has 3 atom stereocenters. The third kappa shape index (κ3) is 3.73. The fraction of sp³-hybridized carbons (Fsp3) is 0.600. The van der Waals surface area contributed by atoms with Crippen LogP contribution in [-0.2, 0) is 6.42 Å². The molecule has 20 heavy (non-hydrogen) atoms. The minimum Gasteiger partial charge on any atom is -0.258 e. The molecule has 0 spiro atoms. The maximum absolute atomic E-state index is 11.2. The van der Waals surface area contributed by atoms with Gasteiger partial charge in [-0.2, -0.15) is 0 Å². The molecule has 1 aromatic rings. The fourth-order valence-corrected chi connectivity index (χ4v) is 3.90. The van der Waals surface area contributed by atoms with Crippen molar-refractivity contribution in [2.45, 2.75) is 43.9 Å². The van der Waals surface area contributed by atoms with Crippen molar-refractivity contribution in [2.24, 2.45) is 11.8 Å². The molecule has 3 nitrogen and oxygen atoms in total. The maximum Gasteiger partial charge on any atom is 0.274 e. The molecule has 0 bridgehead atoms. The average Bonchev–Trinajstić information content (AvgIpc) is 2.42. The average molecular weight is 361 g/mol. The van der Waals surface area contributed by atoms with Crippen molar-refractivity contribution in [2.75, 3.05) is 0 Å². The summed E-state index contributed by atoms with van der Waals surface area (Å²) in [5.74, 6) is 1.22. The zero-order valence-electron chi connectivity index (χ0n) is 11.5. The molecule has 5 heteroatoms. The lowest BCUT2D eigenvalue weighted by molar-refractivity contribution is -0.385. The van der Waals surface area contributed by atoms with E-state index in [0.29, 0.717) is 15.8 Å². The lowest BCUT2D eigenvalue weighted by Gasteiger charge is -2.32. The Balaban J connectivity index is 2.18. The number of benzene rings is 1. The molecule has 1 aliphatic rings. The Morgan fingerprint density at radius 2 is 2.20 bits per heavy atom. The summed E-state index contributed by atoms with van der Waals surface area (Å²) in [7, 11) is 0. The normalized spacial score (nSPS) is 26.4. The van der Waals surface area contributed by atoms with Gasteiger partial charge in [-0.1, -0.05) is 46.9 Å². The highest BCUT2D eigenvalue weighted by Gasteiger charge is 2.29. The first-order valence-electron chi connectivity index (χ1n) is 7.08. The topological polar surface area (TPSA) is 43.1 Å². The van der Waals surface area contributed by atoms with Crippen LogP contribution in [0.15, 0.2) is 18.2 Å². The van der Waals surface area contributed by atoms with Crippen LogP contribution < -0.4 is 0 Å². The second-order valence-corrected chi connectivity index (χ2v) is 7.21. The lowest BCUT2D eigenvalue weighted by Crippen LogP contribution is -2.26. The molecule has 3 unspecified atom stereocenters. The Labute approximate surface area is 133 Å². The van der Waals surface area contributed by atoms with Gasteiger partial charge in [-0.05, 0) is 43.6 Å². The molecule has 0 aromatic heterocycles. The number of alkyl halides is 1. The highest BCUT2D eigenvalue weighted by atomic mass is 79.9. The van der Waals surface area contributed by atoms with Gasteiger partial charge in [0.1, 0.15) is 0 Å². The first kappa shape index (κ1) is 15.8. The quantitative estimate of drug-likeness (QED) is 0.411. The van der Waals surface area contributed by atoms with Crippen LogP contribution in [0.1, 0.15) is 38.2 Å². The molecule has 0 saturated heterocycles. The zero-order chi connectivity index (χ0) is 14.7. The minimum absolute atomic E-state index is 0.149. The molecule has 0 heterocycles. The van der Waals surface area contributed by atoms with Crippen LogP contribution in [0.3, 0.4) is 0 Å². The lowest BCUT2D eigenvalue weighted by atomic mass is 9.77. The van der Waals surface area contributed by atoms with Crippen molar-refractivity contribution in [1.29, 1.82) is 0 Å². The summed E-state index contributed by atoms with van der Waals surface area (Å²) in [6, 6.07) is 5.00. The highest BCUT2D eigenvalue weighted by Crippen LogP contribution is 2.38. The Morgan fingerprint density at radius 1 is 1.45 bits per heavy atom. The highest BCUT2D eigenvalue weighted by molar-refractivity contribution is 9.09. The van der Waals surface area contributed by atoms with Crippen molar-refractivity contribution in [3.63, 3.8) is 0 Å². The Bertz CT molecular complexity index is 495. The van der Waals surface area contributed by atoms with Gasteiger partial charge < -0.3 is 0 Å². The molecule has 0 amide bonds. The van der Waals surface area contributed by atoms with E-state index in [-0.39, 0.29) is 10.6 Å². The van der Waals surface area contributed by atoms with Crippen molar-refractivity contribution in [3.8, 4) is 0 Å². The van der Waals surface area contributed by atoms with E-state index < -0.39 is 0 Å². The van der Waals surface area contributed by atoms with Crippen LogP contribution in [0.25, 0.3) is 0 Å². The van der Waals surface area contributed by atoms with Gasteiger partial charge in [0.25, 0.3) is 5.69 Å². The third-order valence-electron chi connectivity index (χ3n) is 4.30. The van der Waals surface area contributed by atoms with Crippen LogP contribution in [-0.4, -0.2) is 9.75 Å². The van der Waals surface area contributed by atoms with Crippen LogP contribution in [0.4, 0.5) is 5.69 Å². The molecule has 0 aliphatic heterocycles. The summed E-state index contributed by atoms with van der Waals surface area (Å²) < 4.78 is 0. The predicted octanol–water partition coefficient (Wildman–Crippen LogP) is 5.38. The fourth-order valence-electron chi connectivity index (χ4n) is 3.07. The molecule has 1 aliphatic carbocycles. The largest absolute Gasteiger partial charge is 0.274 e. The molecular formula is C15H19BrClNO2. The van der Waals surface area contributed by atoms with Gasteiger partial charge in [0.15, 0.2) is 0 Å². The summed E-state index contributed by atoms with van der Waals surface area (Å²) in [5.41, 5.74) is 0.946.